The topological polar surface area (TPSA) is 180 Å². The summed E-state index contributed by atoms with van der Waals surface area (Å²) in [5.74, 6) is -1.04. The van der Waals surface area contributed by atoms with E-state index in [0.29, 0.717) is 19.4 Å². The summed E-state index contributed by atoms with van der Waals surface area (Å²) in [6.07, 6.45) is 1.62. The van der Waals surface area contributed by atoms with Gasteiger partial charge in [0, 0.05) is 38.3 Å². The van der Waals surface area contributed by atoms with Gasteiger partial charge in [0.2, 0.25) is 0 Å². The molecule has 0 aromatic heterocycles. The van der Waals surface area contributed by atoms with Crippen LogP contribution in [0.2, 0.25) is 0 Å². The van der Waals surface area contributed by atoms with Crippen LogP contribution in [-0.4, -0.2) is 55.8 Å². The number of Topliss-reactive ketones (excluding diaryl/α,β-unsaturated/α-hetero) is 1. The minimum Gasteiger partial charge on any atom is -1.00 e. The van der Waals surface area contributed by atoms with Gasteiger partial charge in [-0.05, 0) is 46.7 Å². The summed E-state index contributed by atoms with van der Waals surface area (Å²) < 4.78 is 4.97. The molecule has 2 rings (SSSR count). The van der Waals surface area contributed by atoms with Gasteiger partial charge in [-0.2, -0.15) is 0 Å². The van der Waals surface area contributed by atoms with Crippen LogP contribution in [-0.2, 0) is 45.7 Å². The minimum atomic E-state index is -0.509. The van der Waals surface area contributed by atoms with Crippen molar-refractivity contribution >= 4 is 34.3 Å². The standard InChI is InChI=1S/C12H17NO4.C10H13NO3.CH3I.ClH.V/c1-2-5-17-12(16)9(13)6-8-3-4-10(14)11(15)7-8;1-6(12)8(11)4-7-2-3-9(13)10(14)5-7;1-2;;/h3-4,7,9,14-15H,2,5-6,13H2,1H3;2-3,5,8,13-14H,4,11H2,1H3;1H3;1H;/p+1/t9-;8-;;;/m00.../s1. The number of benzene rings is 2. The summed E-state index contributed by atoms with van der Waals surface area (Å²) in [4.78, 5) is 24.4. The Kier molecular flexibility index (Phi) is 22.2. The van der Waals surface area contributed by atoms with Crippen LogP contribution in [0.3, 0.4) is 0 Å². The molecule has 10 N–H and O–H groups in total. The van der Waals surface area contributed by atoms with Gasteiger partial charge in [-0.3, -0.25) is 4.79 Å². The summed E-state index contributed by atoms with van der Waals surface area (Å²) in [5, 5.41) is 36.7. The van der Waals surface area contributed by atoms with E-state index in [0.717, 1.165) is 17.5 Å². The fourth-order valence-corrected chi connectivity index (χ4v) is 2.51. The van der Waals surface area contributed by atoms with Gasteiger partial charge in [-0.1, -0.05) is 41.6 Å². The molecule has 2 atom stereocenters. The second-order valence-electron chi connectivity index (χ2n) is 7.23. The molecule has 0 aliphatic heterocycles. The number of carbonyl (C=O) groups is 2. The molecular formula is C23H35ClIN2O7V+. The van der Waals surface area contributed by atoms with E-state index in [2.05, 4.69) is 34.1 Å². The Morgan fingerprint density at radius 2 is 1.26 bits per heavy atom. The normalized spacial score (nSPS) is 11.0. The number of ether oxygens (including phenoxy) is 1. The third-order valence-electron chi connectivity index (χ3n) is 4.40. The molecule has 0 bridgehead atoms. The number of quaternary nitrogens is 2. The molecule has 12 heteroatoms. The summed E-state index contributed by atoms with van der Waals surface area (Å²) in [6, 6.07) is 8.13. The number of alkyl halides is 1. The third-order valence-corrected chi connectivity index (χ3v) is 4.40. The van der Waals surface area contributed by atoms with E-state index in [1.807, 2.05) is 11.9 Å². The Balaban J connectivity index is -0.000000525. The maximum absolute atomic E-state index is 11.5. The van der Waals surface area contributed by atoms with Gasteiger partial charge in [-0.25, -0.2) is 4.79 Å². The zero-order valence-electron chi connectivity index (χ0n) is 20.1. The van der Waals surface area contributed by atoms with Crippen LogP contribution in [0, 0.1) is 0 Å². The second kappa shape index (κ2) is 20.5. The quantitative estimate of drug-likeness (QED) is 0.0826. The van der Waals surface area contributed by atoms with Gasteiger partial charge in [0.1, 0.15) is 6.04 Å². The van der Waals surface area contributed by atoms with Crippen molar-refractivity contribution in [1.82, 2.24) is 0 Å². The molecule has 0 aliphatic carbocycles. The Bertz CT molecular complexity index is 906. The van der Waals surface area contributed by atoms with Gasteiger partial charge in [0.05, 0.1) is 6.61 Å². The first kappa shape index (κ1) is 37.8. The van der Waals surface area contributed by atoms with Gasteiger partial charge >= 0.3 is 5.97 Å². The number of carbonyl (C=O) groups excluding carboxylic acids is 2. The Hall–Kier alpha value is -1.70. The molecule has 0 heterocycles. The van der Waals surface area contributed by atoms with Crippen LogP contribution in [0.4, 0.5) is 0 Å². The average molecular weight is 665 g/mol. The predicted octanol–water partition coefficient (Wildman–Crippen LogP) is -1.90. The number of aromatic hydroxyl groups is 4. The van der Waals surface area contributed by atoms with E-state index < -0.39 is 6.04 Å². The molecule has 197 valence electrons. The smallest absolute Gasteiger partial charge is 0.365 e. The van der Waals surface area contributed by atoms with Crippen molar-refractivity contribution in [3.63, 3.8) is 0 Å². The zero-order valence-corrected chi connectivity index (χ0v) is 24.4. The summed E-state index contributed by atoms with van der Waals surface area (Å²) in [6.45, 7) is 3.80. The van der Waals surface area contributed by atoms with E-state index >= 15 is 0 Å². The van der Waals surface area contributed by atoms with Crippen LogP contribution in [0.25, 0.3) is 0 Å². The number of rotatable bonds is 8. The first-order chi connectivity index (χ1) is 15.5. The SMILES string of the molecule is CC(=O)[C@@H]([NH3+])Cc1ccc(O)c(O)c1.CCCOC(=O)[C@@H]([NH3+])Cc1ccc(O)c(O)c1.CI.[Cl-].[V]. The molecule has 2 aromatic rings. The van der Waals surface area contributed by atoms with Crippen molar-refractivity contribution < 1.29 is 77.2 Å². The number of esters is 1. The largest absolute Gasteiger partial charge is 1.00 e. The summed E-state index contributed by atoms with van der Waals surface area (Å²) in [5.41, 5.74) is 8.93. The fourth-order valence-electron chi connectivity index (χ4n) is 2.51. The molecule has 0 unspecified atom stereocenters. The Labute approximate surface area is 237 Å². The number of phenolic OH excluding ortho intramolecular Hbond substituents is 4. The van der Waals surface area contributed by atoms with Crippen LogP contribution in [0.5, 0.6) is 23.0 Å². The molecule has 2 aromatic carbocycles. The Morgan fingerprint density at radius 1 is 0.857 bits per heavy atom. The van der Waals surface area contributed by atoms with E-state index in [1.165, 1.54) is 31.2 Å². The van der Waals surface area contributed by atoms with Crippen LogP contribution < -0.4 is 23.9 Å². The molecule has 9 nitrogen and oxygen atoms in total. The van der Waals surface area contributed by atoms with E-state index in [1.54, 1.807) is 12.1 Å². The van der Waals surface area contributed by atoms with Gasteiger partial charge in [0.25, 0.3) is 0 Å². The van der Waals surface area contributed by atoms with Crippen molar-refractivity contribution in [2.24, 2.45) is 0 Å². The maximum Gasteiger partial charge on any atom is 0.365 e. The minimum absolute atomic E-state index is 0. The van der Waals surface area contributed by atoms with Crippen molar-refractivity contribution in [3.8, 4) is 23.0 Å². The zero-order chi connectivity index (χ0) is 25.6. The van der Waals surface area contributed by atoms with Gasteiger partial charge < -0.3 is 49.0 Å². The molecule has 0 fully saturated rings. The van der Waals surface area contributed by atoms with Crippen molar-refractivity contribution in [1.29, 1.82) is 0 Å². The molecule has 0 amide bonds. The van der Waals surface area contributed by atoms with E-state index in [-0.39, 0.29) is 71.8 Å². The Morgan fingerprint density at radius 3 is 1.60 bits per heavy atom. The summed E-state index contributed by atoms with van der Waals surface area (Å²) in [7, 11) is 0. The number of phenols is 4. The average Bonchev–Trinajstić information content (AvgIpc) is 2.78. The third kappa shape index (κ3) is 15.1. The number of ketones is 1. The van der Waals surface area contributed by atoms with Crippen molar-refractivity contribution in [2.45, 2.75) is 45.2 Å². The molecule has 0 saturated heterocycles. The second-order valence-corrected chi connectivity index (χ2v) is 7.23. The fraction of sp³-hybridized carbons (Fsp3) is 0.391. The summed E-state index contributed by atoms with van der Waals surface area (Å²) >= 11 is 2.15. The van der Waals surface area contributed by atoms with Gasteiger partial charge in [0.15, 0.2) is 34.8 Å². The van der Waals surface area contributed by atoms with Crippen molar-refractivity contribution in [3.05, 3.63) is 47.5 Å². The van der Waals surface area contributed by atoms with Crippen molar-refractivity contribution in [2.75, 3.05) is 11.5 Å². The molecular weight excluding hydrogens is 630 g/mol. The van der Waals surface area contributed by atoms with Crippen LogP contribution >= 0.6 is 22.6 Å². The predicted molar refractivity (Wildman–Crippen MR) is 132 cm³/mol. The number of hydrogen-bond acceptors (Lipinski definition) is 7. The number of hydrogen-bond donors (Lipinski definition) is 6. The number of halogens is 2. The van der Waals surface area contributed by atoms with Crippen LogP contribution in [0.1, 0.15) is 31.4 Å². The van der Waals surface area contributed by atoms with E-state index in [4.69, 9.17) is 14.9 Å². The maximum atomic E-state index is 11.5. The molecule has 1 radical (unpaired) electrons. The molecule has 0 spiro atoms. The first-order valence-corrected chi connectivity index (χ1v) is 12.4. The van der Waals surface area contributed by atoms with E-state index in [9.17, 15) is 19.8 Å². The van der Waals surface area contributed by atoms with Crippen LogP contribution in [0.15, 0.2) is 36.4 Å². The molecule has 0 saturated carbocycles. The molecule has 35 heavy (non-hydrogen) atoms. The van der Waals surface area contributed by atoms with Gasteiger partial charge in [-0.15, -0.1) is 0 Å². The molecule has 0 aliphatic rings. The monoisotopic (exact) mass is 664 g/mol. The first-order valence-electron chi connectivity index (χ1n) is 10.3.